The van der Waals surface area contributed by atoms with E-state index in [1.807, 2.05) is 6.92 Å². The Morgan fingerprint density at radius 3 is 1.41 bits per heavy atom. The predicted octanol–water partition coefficient (Wildman–Crippen LogP) is 3.38. The fourth-order valence-corrected chi connectivity index (χ4v) is 1.62. The van der Waals surface area contributed by atoms with Gasteiger partial charge in [-0.25, -0.2) is 0 Å². The van der Waals surface area contributed by atoms with Crippen molar-refractivity contribution in [3.63, 3.8) is 0 Å². The third kappa shape index (κ3) is 33.1. The predicted molar refractivity (Wildman–Crippen MR) is 122 cm³/mol. The molecule has 0 unspecified atom stereocenters. The Morgan fingerprint density at radius 1 is 0.682 bits per heavy atom. The molecule has 0 radical (unpaired) electrons. The van der Waals surface area contributed by atoms with E-state index in [-0.39, 0.29) is 67.9 Å². The van der Waals surface area contributed by atoms with Crippen molar-refractivity contribution < 1.29 is 0 Å². The minimum Gasteiger partial charge on any atom is -0.389 e. The maximum absolute atomic E-state index is 3.81. The standard InChI is InChI=1S/C14H32N4.4BrH/c1-4-15-8-5-9-16-10-6-11-17-12-7-13-18-14(2)3;;;;/h15-18H,2,4-13H2,1,3H3;4*1H. The highest BCUT2D eigenvalue weighted by molar-refractivity contribution is 8.93. The third-order valence-corrected chi connectivity index (χ3v) is 2.62. The van der Waals surface area contributed by atoms with Gasteiger partial charge in [-0.2, -0.15) is 0 Å². The Bertz CT molecular complexity index is 198. The molecule has 0 bridgehead atoms. The topological polar surface area (TPSA) is 48.1 Å². The van der Waals surface area contributed by atoms with Gasteiger partial charge in [0.15, 0.2) is 0 Å². The molecule has 4 nitrogen and oxygen atoms in total. The van der Waals surface area contributed by atoms with E-state index in [1.54, 1.807) is 0 Å². The minimum atomic E-state index is 0. The van der Waals surface area contributed by atoms with E-state index in [1.165, 1.54) is 12.8 Å². The smallest absolute Gasteiger partial charge is 0.0155 e. The quantitative estimate of drug-likeness (QED) is 0.238. The van der Waals surface area contributed by atoms with E-state index >= 15 is 0 Å². The van der Waals surface area contributed by atoms with Crippen molar-refractivity contribution >= 4 is 67.9 Å². The second-order valence-corrected chi connectivity index (χ2v) is 4.62. The van der Waals surface area contributed by atoms with Gasteiger partial charge in [0.2, 0.25) is 0 Å². The first-order valence-corrected chi connectivity index (χ1v) is 7.29. The minimum absolute atomic E-state index is 0. The van der Waals surface area contributed by atoms with Crippen molar-refractivity contribution in [2.75, 3.05) is 45.8 Å². The molecule has 0 saturated heterocycles. The maximum Gasteiger partial charge on any atom is 0.0155 e. The summed E-state index contributed by atoms with van der Waals surface area (Å²) in [6.45, 7) is 15.6. The van der Waals surface area contributed by atoms with Crippen LogP contribution in [0.1, 0.15) is 33.1 Å². The average Bonchev–Trinajstić information content (AvgIpc) is 2.34. The van der Waals surface area contributed by atoms with Crippen molar-refractivity contribution in [2.45, 2.75) is 33.1 Å². The molecule has 0 atom stereocenters. The van der Waals surface area contributed by atoms with E-state index in [9.17, 15) is 0 Å². The van der Waals surface area contributed by atoms with Gasteiger partial charge >= 0.3 is 0 Å². The molecule has 4 N–H and O–H groups in total. The molecule has 0 aliphatic rings. The van der Waals surface area contributed by atoms with Crippen LogP contribution in [0, 0.1) is 0 Å². The van der Waals surface area contributed by atoms with Gasteiger partial charge in [-0.05, 0) is 65.5 Å². The number of nitrogens with one attached hydrogen (secondary N) is 4. The SMILES string of the molecule is Br.Br.Br.Br.C=C(C)NCCCNCCCNCCCNCC. The number of allylic oxidation sites excluding steroid dienone is 1. The first kappa shape index (κ1) is 34.6. The van der Waals surface area contributed by atoms with Gasteiger partial charge in [-0.1, -0.05) is 13.5 Å². The van der Waals surface area contributed by atoms with Gasteiger partial charge in [-0.15, -0.1) is 67.9 Å². The summed E-state index contributed by atoms with van der Waals surface area (Å²) in [4.78, 5) is 0. The molecular weight excluding hydrogens is 544 g/mol. The summed E-state index contributed by atoms with van der Waals surface area (Å²) in [5.74, 6) is 0. The molecule has 22 heavy (non-hydrogen) atoms. The molecule has 0 aromatic carbocycles. The molecule has 0 aliphatic heterocycles. The second kappa shape index (κ2) is 30.2. The van der Waals surface area contributed by atoms with Crippen molar-refractivity contribution in [1.29, 1.82) is 0 Å². The normalized spacial score (nSPS) is 8.64. The second-order valence-electron chi connectivity index (χ2n) is 4.62. The van der Waals surface area contributed by atoms with Crippen LogP contribution < -0.4 is 21.3 Å². The monoisotopic (exact) mass is 576 g/mol. The van der Waals surface area contributed by atoms with E-state index in [0.717, 1.165) is 57.9 Å². The van der Waals surface area contributed by atoms with Gasteiger partial charge in [0, 0.05) is 12.2 Å². The van der Waals surface area contributed by atoms with Crippen LogP contribution in [-0.2, 0) is 0 Å². The first-order chi connectivity index (χ1) is 8.77. The van der Waals surface area contributed by atoms with E-state index in [2.05, 4.69) is 34.8 Å². The van der Waals surface area contributed by atoms with Crippen LogP contribution in [0.2, 0.25) is 0 Å². The molecule has 0 fully saturated rings. The van der Waals surface area contributed by atoms with Gasteiger partial charge in [0.05, 0.1) is 0 Å². The van der Waals surface area contributed by atoms with Crippen molar-refractivity contribution in [1.82, 2.24) is 21.3 Å². The van der Waals surface area contributed by atoms with E-state index < -0.39 is 0 Å². The number of hydrogen-bond donors (Lipinski definition) is 4. The molecule has 0 aliphatic carbocycles. The Hall–Kier alpha value is 1.34. The third-order valence-electron chi connectivity index (χ3n) is 2.62. The van der Waals surface area contributed by atoms with Gasteiger partial charge in [0.1, 0.15) is 0 Å². The molecule has 0 aromatic heterocycles. The Morgan fingerprint density at radius 2 is 1.05 bits per heavy atom. The summed E-state index contributed by atoms with van der Waals surface area (Å²) in [5.41, 5.74) is 1.05. The van der Waals surface area contributed by atoms with Gasteiger partial charge in [-0.3, -0.25) is 0 Å². The number of hydrogen-bond acceptors (Lipinski definition) is 4. The van der Waals surface area contributed by atoms with Crippen molar-refractivity contribution in [3.8, 4) is 0 Å². The highest BCUT2D eigenvalue weighted by atomic mass is 79.9. The molecule has 0 spiro atoms. The molecule has 140 valence electrons. The van der Waals surface area contributed by atoms with E-state index in [4.69, 9.17) is 0 Å². The zero-order chi connectivity index (χ0) is 13.5. The van der Waals surface area contributed by atoms with Crippen molar-refractivity contribution in [2.24, 2.45) is 0 Å². The first-order valence-electron chi connectivity index (χ1n) is 7.29. The van der Waals surface area contributed by atoms with Gasteiger partial charge < -0.3 is 21.3 Å². The zero-order valence-electron chi connectivity index (χ0n) is 13.9. The van der Waals surface area contributed by atoms with Crippen LogP contribution >= 0.6 is 67.9 Å². The Kier molecular flexibility index (Phi) is 47.6. The lowest BCUT2D eigenvalue weighted by Crippen LogP contribution is -2.26. The van der Waals surface area contributed by atoms with Crippen LogP contribution in [-0.4, -0.2) is 45.8 Å². The maximum atomic E-state index is 3.81. The molecule has 0 rings (SSSR count). The Labute approximate surface area is 179 Å². The fourth-order valence-electron chi connectivity index (χ4n) is 1.62. The molecular formula is C14H36Br4N4. The summed E-state index contributed by atoms with van der Waals surface area (Å²) >= 11 is 0. The fraction of sp³-hybridized carbons (Fsp3) is 0.857. The molecule has 0 saturated carbocycles. The van der Waals surface area contributed by atoms with Crippen LogP contribution in [0.15, 0.2) is 12.3 Å². The van der Waals surface area contributed by atoms with Crippen LogP contribution in [0.25, 0.3) is 0 Å². The van der Waals surface area contributed by atoms with Gasteiger partial charge in [0.25, 0.3) is 0 Å². The van der Waals surface area contributed by atoms with Crippen LogP contribution in [0.5, 0.6) is 0 Å². The summed E-state index contributed by atoms with van der Waals surface area (Å²) in [6, 6.07) is 0. The summed E-state index contributed by atoms with van der Waals surface area (Å²) in [6.07, 6.45) is 3.58. The zero-order valence-corrected chi connectivity index (χ0v) is 20.8. The average molecular weight is 580 g/mol. The lowest BCUT2D eigenvalue weighted by Gasteiger charge is -2.07. The van der Waals surface area contributed by atoms with E-state index in [0.29, 0.717) is 0 Å². The van der Waals surface area contributed by atoms with Crippen molar-refractivity contribution in [3.05, 3.63) is 12.3 Å². The Balaban J connectivity index is -0.000000241. The molecule has 0 heterocycles. The van der Waals surface area contributed by atoms with Crippen LogP contribution in [0.3, 0.4) is 0 Å². The molecule has 0 amide bonds. The summed E-state index contributed by atoms with van der Waals surface area (Å²) in [7, 11) is 0. The number of rotatable bonds is 14. The summed E-state index contributed by atoms with van der Waals surface area (Å²) < 4.78 is 0. The lowest BCUT2D eigenvalue weighted by molar-refractivity contribution is 0.561. The van der Waals surface area contributed by atoms with Crippen LogP contribution in [0.4, 0.5) is 0 Å². The lowest BCUT2D eigenvalue weighted by atomic mass is 10.3. The summed E-state index contributed by atoms with van der Waals surface area (Å²) in [5, 5.41) is 13.5. The molecule has 8 heteroatoms. The highest BCUT2D eigenvalue weighted by Gasteiger charge is 1.90. The number of halogens is 4. The highest BCUT2D eigenvalue weighted by Crippen LogP contribution is 1.81. The largest absolute Gasteiger partial charge is 0.389 e. The molecule has 0 aromatic rings.